The molecule has 1 aliphatic heterocycles. The third kappa shape index (κ3) is 2.59. The number of ether oxygens (including phenoxy) is 1. The molecule has 1 aromatic heterocycles. The van der Waals surface area contributed by atoms with Crippen LogP contribution in [0.15, 0.2) is 17.1 Å². The summed E-state index contributed by atoms with van der Waals surface area (Å²) in [5, 5.41) is 6.15. The predicted octanol–water partition coefficient (Wildman–Crippen LogP) is -0.676. The van der Waals surface area contributed by atoms with Crippen molar-refractivity contribution in [3.8, 4) is 0 Å². The van der Waals surface area contributed by atoms with Gasteiger partial charge in [-0.15, -0.1) is 0 Å². The van der Waals surface area contributed by atoms with Gasteiger partial charge in [0.15, 0.2) is 0 Å². The first-order valence-electron chi connectivity index (χ1n) is 5.41. The van der Waals surface area contributed by atoms with Crippen molar-refractivity contribution in [1.82, 2.24) is 10.2 Å². The summed E-state index contributed by atoms with van der Waals surface area (Å²) in [6.07, 6.45) is 2.65. The van der Waals surface area contributed by atoms with Crippen LogP contribution in [-0.4, -0.2) is 42.5 Å². The molecule has 1 aliphatic rings. The Morgan fingerprint density at radius 3 is 3.31 bits per heavy atom. The molecule has 16 heavy (non-hydrogen) atoms. The third-order valence-corrected chi connectivity index (χ3v) is 2.64. The smallest absolute Gasteiger partial charge is 0.266 e. The van der Waals surface area contributed by atoms with Gasteiger partial charge in [-0.05, 0) is 13.0 Å². The molecule has 3 N–H and O–H groups in total. The van der Waals surface area contributed by atoms with Crippen LogP contribution >= 0.6 is 0 Å². The number of nitrogens with one attached hydrogen (secondary N) is 1. The molecule has 2 rings (SSSR count). The second kappa shape index (κ2) is 5.09. The summed E-state index contributed by atoms with van der Waals surface area (Å²) in [5.74, 6) is 0. The van der Waals surface area contributed by atoms with Crippen LogP contribution in [0.3, 0.4) is 0 Å². The Balaban J connectivity index is 2.06. The number of aromatic amines is 1. The number of nitrogens with zero attached hydrogens (tertiary/aromatic N) is 2. The SMILES string of the molecule is NCCC1CN(c2cn[nH]c(=O)c2)CCO1. The number of anilines is 1. The summed E-state index contributed by atoms with van der Waals surface area (Å²) in [7, 11) is 0. The van der Waals surface area contributed by atoms with Gasteiger partial charge in [-0.2, -0.15) is 5.10 Å². The van der Waals surface area contributed by atoms with Crippen LogP contribution in [0.25, 0.3) is 0 Å². The van der Waals surface area contributed by atoms with Gasteiger partial charge >= 0.3 is 0 Å². The minimum absolute atomic E-state index is 0.151. The number of nitrogens with two attached hydrogens (primary N) is 1. The molecule has 6 heteroatoms. The van der Waals surface area contributed by atoms with Crippen LogP contribution in [0, 0.1) is 0 Å². The fourth-order valence-corrected chi connectivity index (χ4v) is 1.85. The van der Waals surface area contributed by atoms with Gasteiger partial charge < -0.3 is 15.4 Å². The van der Waals surface area contributed by atoms with Crippen molar-refractivity contribution >= 4 is 5.69 Å². The van der Waals surface area contributed by atoms with Gasteiger partial charge in [-0.1, -0.05) is 0 Å². The number of hydrogen-bond acceptors (Lipinski definition) is 5. The van der Waals surface area contributed by atoms with Crippen LogP contribution in [0.5, 0.6) is 0 Å². The maximum Gasteiger partial charge on any atom is 0.266 e. The highest BCUT2D eigenvalue weighted by Crippen LogP contribution is 2.15. The average molecular weight is 224 g/mol. The minimum Gasteiger partial charge on any atom is -0.374 e. The highest BCUT2D eigenvalue weighted by Gasteiger charge is 2.20. The summed E-state index contributed by atoms with van der Waals surface area (Å²) < 4.78 is 5.57. The molecule has 1 aromatic rings. The molecule has 88 valence electrons. The van der Waals surface area contributed by atoms with Gasteiger partial charge in [-0.25, -0.2) is 5.10 Å². The number of rotatable bonds is 3. The average Bonchev–Trinajstić information content (AvgIpc) is 2.30. The molecule has 0 amide bonds. The lowest BCUT2D eigenvalue weighted by molar-refractivity contribution is 0.0368. The first-order chi connectivity index (χ1) is 7.79. The number of morpholine rings is 1. The van der Waals surface area contributed by atoms with E-state index in [4.69, 9.17) is 10.5 Å². The van der Waals surface area contributed by atoms with Crippen molar-refractivity contribution in [3.05, 3.63) is 22.6 Å². The van der Waals surface area contributed by atoms with Crippen molar-refractivity contribution < 1.29 is 4.74 Å². The van der Waals surface area contributed by atoms with Gasteiger partial charge in [0.05, 0.1) is 24.6 Å². The summed E-state index contributed by atoms with van der Waals surface area (Å²) in [5.41, 5.74) is 6.16. The van der Waals surface area contributed by atoms with Gasteiger partial charge in [-0.3, -0.25) is 4.79 Å². The Morgan fingerprint density at radius 2 is 2.56 bits per heavy atom. The van der Waals surface area contributed by atoms with Crippen molar-refractivity contribution in [2.24, 2.45) is 5.73 Å². The van der Waals surface area contributed by atoms with E-state index in [2.05, 4.69) is 15.1 Å². The van der Waals surface area contributed by atoms with Gasteiger partial charge in [0.2, 0.25) is 0 Å². The van der Waals surface area contributed by atoms with Crippen molar-refractivity contribution in [2.75, 3.05) is 31.1 Å². The van der Waals surface area contributed by atoms with Crippen molar-refractivity contribution in [3.63, 3.8) is 0 Å². The lowest BCUT2D eigenvalue weighted by Gasteiger charge is -2.34. The molecule has 0 bridgehead atoms. The van der Waals surface area contributed by atoms with E-state index in [9.17, 15) is 4.79 Å². The molecule has 1 saturated heterocycles. The van der Waals surface area contributed by atoms with E-state index in [1.165, 1.54) is 0 Å². The normalized spacial score (nSPS) is 21.1. The van der Waals surface area contributed by atoms with Crippen molar-refractivity contribution in [1.29, 1.82) is 0 Å². The van der Waals surface area contributed by atoms with E-state index in [0.29, 0.717) is 13.2 Å². The van der Waals surface area contributed by atoms with Crippen LogP contribution in [-0.2, 0) is 4.74 Å². The van der Waals surface area contributed by atoms with E-state index >= 15 is 0 Å². The molecule has 0 aliphatic carbocycles. The van der Waals surface area contributed by atoms with E-state index < -0.39 is 0 Å². The van der Waals surface area contributed by atoms with Gasteiger partial charge in [0.25, 0.3) is 5.56 Å². The molecule has 0 aromatic carbocycles. The number of H-pyrrole nitrogens is 1. The van der Waals surface area contributed by atoms with E-state index in [1.807, 2.05) is 0 Å². The Morgan fingerprint density at radius 1 is 1.69 bits per heavy atom. The monoisotopic (exact) mass is 224 g/mol. The zero-order chi connectivity index (χ0) is 11.4. The molecule has 1 fully saturated rings. The lowest BCUT2D eigenvalue weighted by atomic mass is 10.2. The maximum atomic E-state index is 11.1. The van der Waals surface area contributed by atoms with Crippen LogP contribution in [0.1, 0.15) is 6.42 Å². The highest BCUT2D eigenvalue weighted by atomic mass is 16.5. The van der Waals surface area contributed by atoms with Crippen molar-refractivity contribution in [2.45, 2.75) is 12.5 Å². The highest BCUT2D eigenvalue weighted by molar-refractivity contribution is 5.43. The Labute approximate surface area is 93.4 Å². The molecule has 0 radical (unpaired) electrons. The van der Waals surface area contributed by atoms with Crippen LogP contribution in [0.4, 0.5) is 5.69 Å². The third-order valence-electron chi connectivity index (χ3n) is 2.64. The molecule has 2 heterocycles. The van der Waals surface area contributed by atoms with E-state index in [0.717, 1.165) is 25.2 Å². The Kier molecular flexibility index (Phi) is 3.53. The summed E-state index contributed by atoms with van der Waals surface area (Å²) in [6, 6.07) is 1.55. The van der Waals surface area contributed by atoms with E-state index in [-0.39, 0.29) is 11.7 Å². The molecule has 1 atom stereocenters. The fourth-order valence-electron chi connectivity index (χ4n) is 1.85. The molecular formula is C10H16N4O2. The van der Waals surface area contributed by atoms with Gasteiger partial charge in [0, 0.05) is 19.2 Å². The van der Waals surface area contributed by atoms with Gasteiger partial charge in [0.1, 0.15) is 0 Å². The molecule has 0 spiro atoms. The van der Waals surface area contributed by atoms with Crippen LogP contribution < -0.4 is 16.2 Å². The summed E-state index contributed by atoms with van der Waals surface area (Å²) >= 11 is 0. The predicted molar refractivity (Wildman–Crippen MR) is 60.5 cm³/mol. The maximum absolute atomic E-state index is 11.1. The minimum atomic E-state index is -0.181. The summed E-state index contributed by atoms with van der Waals surface area (Å²) in [6.45, 7) is 2.83. The molecule has 6 nitrogen and oxygen atoms in total. The second-order valence-electron chi connectivity index (χ2n) is 3.82. The zero-order valence-corrected chi connectivity index (χ0v) is 9.06. The molecular weight excluding hydrogens is 208 g/mol. The zero-order valence-electron chi connectivity index (χ0n) is 9.06. The topological polar surface area (TPSA) is 84.2 Å². The molecule has 1 unspecified atom stereocenters. The first kappa shape index (κ1) is 11.1. The first-order valence-corrected chi connectivity index (χ1v) is 5.41. The largest absolute Gasteiger partial charge is 0.374 e. The number of aromatic nitrogens is 2. The fraction of sp³-hybridized carbons (Fsp3) is 0.600. The standard InChI is InChI=1S/C10H16N4O2/c11-2-1-9-7-14(3-4-16-9)8-5-10(15)13-12-6-8/h5-6,9H,1-4,7,11H2,(H,13,15). The lowest BCUT2D eigenvalue weighted by Crippen LogP contribution is -2.43. The van der Waals surface area contributed by atoms with Crippen LogP contribution in [0.2, 0.25) is 0 Å². The summed E-state index contributed by atoms with van der Waals surface area (Å²) in [4.78, 5) is 13.2. The Hall–Kier alpha value is -1.40. The Bertz CT molecular complexity index is 390. The molecule has 0 saturated carbocycles. The second-order valence-corrected chi connectivity index (χ2v) is 3.82. The number of hydrogen-bond donors (Lipinski definition) is 2. The van der Waals surface area contributed by atoms with E-state index in [1.54, 1.807) is 12.3 Å². The quantitative estimate of drug-likeness (QED) is 0.711.